The number of aliphatic hydroxyl groups excluding tert-OH is 1. The fourth-order valence-corrected chi connectivity index (χ4v) is 2.41. The molecule has 0 fully saturated rings. The molecule has 0 aromatic heterocycles. The number of carbonyl (C=O) groups excluding carboxylic acids is 3. The van der Waals surface area contributed by atoms with Crippen LogP contribution in [0, 0.1) is 11.8 Å². The van der Waals surface area contributed by atoms with Gasteiger partial charge in [0, 0.05) is 0 Å². The van der Waals surface area contributed by atoms with Crippen LogP contribution in [0.1, 0.15) is 47.5 Å². The maximum atomic E-state index is 12.7. The maximum absolute atomic E-state index is 12.7. The van der Waals surface area contributed by atoms with E-state index in [1.807, 2.05) is 20.8 Å². The van der Waals surface area contributed by atoms with Gasteiger partial charge < -0.3 is 31.9 Å². The third-order valence-electron chi connectivity index (χ3n) is 4.34. The molecule has 0 aliphatic rings. The number of carboxylic acids is 1. The minimum atomic E-state index is -1.27. The summed E-state index contributed by atoms with van der Waals surface area (Å²) in [6, 6.07) is -4.25. The van der Waals surface area contributed by atoms with Gasteiger partial charge in [0.05, 0.1) is 12.6 Å². The molecular formula is C18H34N4O6. The molecule has 0 aromatic rings. The Labute approximate surface area is 165 Å². The number of nitrogens with one attached hydrogen (secondary N) is 3. The van der Waals surface area contributed by atoms with Gasteiger partial charge in [0.1, 0.15) is 18.1 Å². The van der Waals surface area contributed by atoms with Gasteiger partial charge in [-0.1, -0.05) is 34.1 Å². The first-order valence-corrected chi connectivity index (χ1v) is 9.44. The number of aliphatic hydroxyl groups is 1. The van der Waals surface area contributed by atoms with Gasteiger partial charge in [0.15, 0.2) is 0 Å². The van der Waals surface area contributed by atoms with Crippen molar-refractivity contribution in [1.82, 2.24) is 16.0 Å². The average molecular weight is 402 g/mol. The van der Waals surface area contributed by atoms with Crippen molar-refractivity contribution in [2.24, 2.45) is 17.6 Å². The molecule has 0 saturated carbocycles. The van der Waals surface area contributed by atoms with Gasteiger partial charge in [-0.25, -0.2) is 4.79 Å². The molecule has 7 N–H and O–H groups in total. The fourth-order valence-electron chi connectivity index (χ4n) is 2.41. The van der Waals surface area contributed by atoms with Crippen molar-refractivity contribution in [2.75, 3.05) is 6.61 Å². The molecule has 0 saturated heterocycles. The molecule has 162 valence electrons. The molecular weight excluding hydrogens is 368 g/mol. The van der Waals surface area contributed by atoms with Gasteiger partial charge in [-0.3, -0.25) is 14.4 Å². The number of hydrogen-bond donors (Lipinski definition) is 6. The first kappa shape index (κ1) is 25.8. The van der Waals surface area contributed by atoms with Gasteiger partial charge in [-0.15, -0.1) is 0 Å². The van der Waals surface area contributed by atoms with Gasteiger partial charge in [0.25, 0.3) is 0 Å². The second-order valence-corrected chi connectivity index (χ2v) is 7.43. The van der Waals surface area contributed by atoms with Gasteiger partial charge >= 0.3 is 5.97 Å². The van der Waals surface area contributed by atoms with E-state index in [1.54, 1.807) is 6.92 Å². The summed E-state index contributed by atoms with van der Waals surface area (Å²) in [6.07, 6.45) is 0.780. The Kier molecular flexibility index (Phi) is 11.3. The number of hydrogen-bond acceptors (Lipinski definition) is 6. The number of amides is 3. The number of rotatable bonds is 12. The molecule has 5 unspecified atom stereocenters. The molecule has 10 nitrogen and oxygen atoms in total. The lowest BCUT2D eigenvalue weighted by molar-refractivity contribution is -0.143. The molecule has 3 amide bonds. The van der Waals surface area contributed by atoms with E-state index in [4.69, 9.17) is 5.73 Å². The van der Waals surface area contributed by atoms with E-state index in [0.717, 1.165) is 0 Å². The summed E-state index contributed by atoms with van der Waals surface area (Å²) in [6.45, 7) is 7.98. The summed E-state index contributed by atoms with van der Waals surface area (Å²) in [7, 11) is 0. The molecule has 0 heterocycles. The number of aliphatic carboxylic acids is 1. The van der Waals surface area contributed by atoms with E-state index >= 15 is 0 Å². The molecule has 0 spiro atoms. The van der Waals surface area contributed by atoms with Crippen LogP contribution in [0.5, 0.6) is 0 Å². The van der Waals surface area contributed by atoms with Crippen molar-refractivity contribution in [3.8, 4) is 0 Å². The summed E-state index contributed by atoms with van der Waals surface area (Å²) < 4.78 is 0. The zero-order chi connectivity index (χ0) is 22.0. The van der Waals surface area contributed by atoms with Gasteiger partial charge in [-0.2, -0.15) is 0 Å². The Morgan fingerprint density at radius 2 is 1.43 bits per heavy atom. The van der Waals surface area contributed by atoms with Crippen molar-refractivity contribution in [3.05, 3.63) is 0 Å². The lowest BCUT2D eigenvalue weighted by Crippen LogP contribution is -2.59. The second-order valence-electron chi connectivity index (χ2n) is 7.43. The van der Waals surface area contributed by atoms with Crippen LogP contribution in [0.15, 0.2) is 0 Å². The third kappa shape index (κ3) is 8.66. The topological polar surface area (TPSA) is 171 Å². The van der Waals surface area contributed by atoms with Crippen LogP contribution in [0.3, 0.4) is 0 Å². The van der Waals surface area contributed by atoms with E-state index < -0.39 is 54.5 Å². The largest absolute Gasteiger partial charge is 0.480 e. The van der Waals surface area contributed by atoms with E-state index in [-0.39, 0.29) is 18.3 Å². The van der Waals surface area contributed by atoms with Crippen LogP contribution in [0.2, 0.25) is 0 Å². The number of nitrogens with two attached hydrogens (primary N) is 1. The maximum Gasteiger partial charge on any atom is 0.326 e. The van der Waals surface area contributed by atoms with Crippen molar-refractivity contribution < 1.29 is 29.4 Å². The SMILES string of the molecule is CCC(C)C(NC(=O)C(CO)NC(=O)C(C)N)C(=O)NC(CC(C)C)C(=O)O. The van der Waals surface area contributed by atoms with Gasteiger partial charge in [-0.05, 0) is 25.2 Å². The fraction of sp³-hybridized carbons (Fsp3) is 0.778. The summed E-state index contributed by atoms with van der Waals surface area (Å²) in [5.41, 5.74) is 5.44. The normalized spacial score (nSPS) is 16.4. The molecule has 10 heteroatoms. The zero-order valence-electron chi connectivity index (χ0n) is 17.2. The van der Waals surface area contributed by atoms with E-state index in [2.05, 4.69) is 16.0 Å². The predicted octanol–water partition coefficient (Wildman–Crippen LogP) is -1.04. The van der Waals surface area contributed by atoms with Crippen molar-refractivity contribution in [2.45, 2.75) is 71.6 Å². The monoisotopic (exact) mass is 402 g/mol. The number of carbonyl (C=O) groups is 4. The molecule has 0 radical (unpaired) electrons. The summed E-state index contributed by atoms with van der Waals surface area (Å²) >= 11 is 0. The van der Waals surface area contributed by atoms with Crippen LogP contribution >= 0.6 is 0 Å². The smallest absolute Gasteiger partial charge is 0.326 e. The minimum absolute atomic E-state index is 0.0465. The highest BCUT2D eigenvalue weighted by atomic mass is 16.4. The molecule has 0 aromatic carbocycles. The predicted molar refractivity (Wildman–Crippen MR) is 103 cm³/mol. The number of carboxylic acid groups (broad SMARTS) is 1. The summed E-state index contributed by atoms with van der Waals surface area (Å²) in [5.74, 6) is -3.43. The Hall–Kier alpha value is -2.20. The molecule has 0 aliphatic carbocycles. The Balaban J connectivity index is 5.29. The van der Waals surface area contributed by atoms with Crippen LogP contribution < -0.4 is 21.7 Å². The van der Waals surface area contributed by atoms with Crippen molar-refractivity contribution >= 4 is 23.7 Å². The van der Waals surface area contributed by atoms with E-state index in [1.165, 1.54) is 6.92 Å². The highest BCUT2D eigenvalue weighted by Crippen LogP contribution is 2.11. The van der Waals surface area contributed by atoms with Crippen LogP contribution in [0.25, 0.3) is 0 Å². The standard InChI is InChI=1S/C18H34N4O6/c1-6-10(4)14(17(26)20-12(18(27)28)7-9(2)3)22-16(25)13(8-23)21-15(24)11(5)19/h9-14,23H,6-8,19H2,1-5H3,(H,20,26)(H,21,24)(H,22,25)(H,27,28). The average Bonchev–Trinajstić information content (AvgIpc) is 2.61. The first-order valence-electron chi connectivity index (χ1n) is 9.44. The molecule has 0 aliphatic heterocycles. The zero-order valence-corrected chi connectivity index (χ0v) is 17.2. The highest BCUT2D eigenvalue weighted by Gasteiger charge is 2.32. The van der Waals surface area contributed by atoms with Crippen LogP contribution in [-0.4, -0.2) is 64.7 Å². The first-order chi connectivity index (χ1) is 12.9. The van der Waals surface area contributed by atoms with E-state index in [0.29, 0.717) is 6.42 Å². The second kappa shape index (κ2) is 12.3. The summed E-state index contributed by atoms with van der Waals surface area (Å²) in [5, 5.41) is 26.0. The van der Waals surface area contributed by atoms with Crippen molar-refractivity contribution in [3.63, 3.8) is 0 Å². The quantitative estimate of drug-likeness (QED) is 0.242. The Morgan fingerprint density at radius 3 is 1.82 bits per heavy atom. The molecule has 28 heavy (non-hydrogen) atoms. The lowest BCUT2D eigenvalue weighted by Gasteiger charge is -2.27. The minimum Gasteiger partial charge on any atom is -0.480 e. The highest BCUT2D eigenvalue weighted by molar-refractivity contribution is 5.94. The Bertz CT molecular complexity index is 552. The van der Waals surface area contributed by atoms with Crippen LogP contribution in [-0.2, 0) is 19.2 Å². The van der Waals surface area contributed by atoms with Crippen LogP contribution in [0.4, 0.5) is 0 Å². The molecule has 0 bridgehead atoms. The van der Waals surface area contributed by atoms with Crippen molar-refractivity contribution in [1.29, 1.82) is 0 Å². The molecule has 5 atom stereocenters. The molecule has 0 rings (SSSR count). The summed E-state index contributed by atoms with van der Waals surface area (Å²) in [4.78, 5) is 48.2. The third-order valence-corrected chi connectivity index (χ3v) is 4.34. The van der Waals surface area contributed by atoms with E-state index in [9.17, 15) is 29.4 Å². The lowest BCUT2D eigenvalue weighted by atomic mass is 9.96. The Morgan fingerprint density at radius 1 is 0.893 bits per heavy atom. The van der Waals surface area contributed by atoms with Gasteiger partial charge in [0.2, 0.25) is 17.7 Å².